The molecule has 0 radical (unpaired) electrons. The fraction of sp³-hybridized carbons (Fsp3) is 0.0526. The zero-order chi connectivity index (χ0) is 17.9. The molecule has 1 unspecified atom stereocenters. The second-order valence-electron chi connectivity index (χ2n) is 5.76. The lowest BCUT2D eigenvalue weighted by Crippen LogP contribution is -2.16. The molecule has 0 aliphatic rings. The molecular formula is C19H16N6O. The van der Waals surface area contributed by atoms with Crippen molar-refractivity contribution < 1.29 is 4.79 Å². The van der Waals surface area contributed by atoms with Gasteiger partial charge in [0, 0.05) is 35.7 Å². The fourth-order valence-corrected chi connectivity index (χ4v) is 2.73. The molecule has 1 atom stereocenters. The minimum Gasteiger partial charge on any atom is -0.346 e. The van der Waals surface area contributed by atoms with Gasteiger partial charge in [0.1, 0.15) is 11.5 Å². The number of nitrogens with zero attached hydrogens (tertiary/aromatic N) is 3. The molecule has 3 aromatic heterocycles. The normalized spacial score (nSPS) is 12.0. The van der Waals surface area contributed by atoms with E-state index in [2.05, 4.69) is 25.3 Å². The number of nitrogens with one attached hydrogen (secondary N) is 2. The predicted molar refractivity (Wildman–Crippen MR) is 98.6 cm³/mol. The van der Waals surface area contributed by atoms with Gasteiger partial charge < -0.3 is 16.0 Å². The van der Waals surface area contributed by atoms with Crippen LogP contribution in [0.15, 0.2) is 67.3 Å². The summed E-state index contributed by atoms with van der Waals surface area (Å²) in [4.78, 5) is 28.1. The van der Waals surface area contributed by atoms with Crippen LogP contribution in [0.2, 0.25) is 0 Å². The summed E-state index contributed by atoms with van der Waals surface area (Å²) in [6.07, 6.45) is 6.74. The van der Waals surface area contributed by atoms with Crippen LogP contribution in [-0.2, 0) is 0 Å². The van der Waals surface area contributed by atoms with Crippen LogP contribution in [-0.4, -0.2) is 25.8 Å². The van der Waals surface area contributed by atoms with Gasteiger partial charge in [0.25, 0.3) is 5.91 Å². The van der Waals surface area contributed by atoms with Crippen LogP contribution in [0.5, 0.6) is 0 Å². The number of H-pyrrole nitrogens is 1. The van der Waals surface area contributed by atoms with Crippen LogP contribution in [0.3, 0.4) is 0 Å². The Hall–Kier alpha value is -3.58. The van der Waals surface area contributed by atoms with Crippen LogP contribution >= 0.6 is 0 Å². The van der Waals surface area contributed by atoms with Crippen molar-refractivity contribution in [2.24, 2.45) is 5.73 Å². The molecule has 4 aromatic rings. The van der Waals surface area contributed by atoms with E-state index in [1.54, 1.807) is 49.1 Å². The standard InChI is InChI=1S/C19H16N6O/c20-16(18-21-8-1-9-22-18)12-2-4-13(5-3-12)19(26)25-15-7-11-24-17-14(15)6-10-23-17/h1-11,16H,20H2,(H2,23,24,25,26). The summed E-state index contributed by atoms with van der Waals surface area (Å²) >= 11 is 0. The Labute approximate surface area is 149 Å². The second-order valence-corrected chi connectivity index (χ2v) is 5.76. The molecule has 7 nitrogen and oxygen atoms in total. The first kappa shape index (κ1) is 15.9. The first-order valence-electron chi connectivity index (χ1n) is 8.08. The summed E-state index contributed by atoms with van der Waals surface area (Å²) in [5.41, 5.74) is 8.99. The zero-order valence-corrected chi connectivity index (χ0v) is 13.8. The predicted octanol–water partition coefficient (Wildman–Crippen LogP) is 2.65. The number of anilines is 1. The summed E-state index contributed by atoms with van der Waals surface area (Å²) < 4.78 is 0. The number of nitrogens with two attached hydrogens (primary N) is 1. The number of rotatable bonds is 4. The van der Waals surface area contributed by atoms with E-state index >= 15 is 0 Å². The van der Waals surface area contributed by atoms with Crippen molar-refractivity contribution in [3.05, 3.63) is 84.2 Å². The van der Waals surface area contributed by atoms with Gasteiger partial charge in [0.15, 0.2) is 0 Å². The number of carbonyl (C=O) groups excluding carboxylic acids is 1. The number of fused-ring (bicyclic) bond motifs is 1. The highest BCUT2D eigenvalue weighted by atomic mass is 16.1. The van der Waals surface area contributed by atoms with Crippen LogP contribution in [0, 0.1) is 0 Å². The van der Waals surface area contributed by atoms with Gasteiger partial charge in [-0.05, 0) is 35.9 Å². The lowest BCUT2D eigenvalue weighted by atomic mass is 10.0. The van der Waals surface area contributed by atoms with Crippen molar-refractivity contribution in [2.45, 2.75) is 6.04 Å². The Balaban J connectivity index is 1.53. The molecule has 4 rings (SSSR count). The van der Waals surface area contributed by atoms with E-state index < -0.39 is 6.04 Å². The number of pyridine rings is 1. The van der Waals surface area contributed by atoms with Crippen molar-refractivity contribution >= 4 is 22.6 Å². The molecule has 0 spiro atoms. The third-order valence-corrected chi connectivity index (χ3v) is 4.10. The van der Waals surface area contributed by atoms with Gasteiger partial charge in [-0.25, -0.2) is 15.0 Å². The average molecular weight is 344 g/mol. The quantitative estimate of drug-likeness (QED) is 0.527. The molecule has 1 amide bonds. The summed E-state index contributed by atoms with van der Waals surface area (Å²) in [7, 11) is 0. The Morgan fingerprint density at radius 3 is 2.54 bits per heavy atom. The minimum absolute atomic E-state index is 0.199. The Kier molecular flexibility index (Phi) is 4.12. The molecule has 0 saturated carbocycles. The van der Waals surface area contributed by atoms with Gasteiger partial charge in [-0.15, -0.1) is 0 Å². The van der Waals surface area contributed by atoms with E-state index in [0.29, 0.717) is 17.1 Å². The number of hydrogen-bond donors (Lipinski definition) is 3. The monoisotopic (exact) mass is 344 g/mol. The lowest BCUT2D eigenvalue weighted by Gasteiger charge is -2.11. The van der Waals surface area contributed by atoms with Gasteiger partial charge >= 0.3 is 0 Å². The third kappa shape index (κ3) is 3.03. The Morgan fingerprint density at radius 1 is 1.00 bits per heavy atom. The van der Waals surface area contributed by atoms with E-state index in [9.17, 15) is 4.79 Å². The molecule has 7 heteroatoms. The van der Waals surface area contributed by atoms with E-state index in [4.69, 9.17) is 5.73 Å². The summed E-state index contributed by atoms with van der Waals surface area (Å²) in [5, 5.41) is 3.77. The first-order valence-corrected chi connectivity index (χ1v) is 8.08. The molecule has 3 heterocycles. The van der Waals surface area contributed by atoms with Crippen LogP contribution in [0.25, 0.3) is 11.0 Å². The lowest BCUT2D eigenvalue weighted by molar-refractivity contribution is 0.102. The number of hydrogen-bond acceptors (Lipinski definition) is 5. The van der Waals surface area contributed by atoms with Crippen molar-refractivity contribution in [2.75, 3.05) is 5.32 Å². The van der Waals surface area contributed by atoms with Crippen molar-refractivity contribution in [3.63, 3.8) is 0 Å². The zero-order valence-electron chi connectivity index (χ0n) is 13.8. The number of aromatic amines is 1. The van der Waals surface area contributed by atoms with E-state index in [-0.39, 0.29) is 5.91 Å². The van der Waals surface area contributed by atoms with Crippen LogP contribution < -0.4 is 11.1 Å². The molecule has 4 N–H and O–H groups in total. The van der Waals surface area contributed by atoms with Crippen molar-refractivity contribution in [1.29, 1.82) is 0 Å². The molecule has 26 heavy (non-hydrogen) atoms. The second kappa shape index (κ2) is 6.73. The van der Waals surface area contributed by atoms with Crippen LogP contribution in [0.1, 0.15) is 27.8 Å². The smallest absolute Gasteiger partial charge is 0.255 e. The number of aromatic nitrogens is 4. The average Bonchev–Trinajstić information content (AvgIpc) is 3.18. The van der Waals surface area contributed by atoms with Crippen molar-refractivity contribution in [3.8, 4) is 0 Å². The largest absolute Gasteiger partial charge is 0.346 e. The number of carbonyl (C=O) groups is 1. The summed E-state index contributed by atoms with van der Waals surface area (Å²) in [5.74, 6) is 0.339. The third-order valence-electron chi connectivity index (χ3n) is 4.10. The molecule has 1 aromatic carbocycles. The van der Waals surface area contributed by atoms with Gasteiger partial charge in [0.2, 0.25) is 0 Å². The summed E-state index contributed by atoms with van der Waals surface area (Å²) in [6, 6.07) is 12.1. The molecule has 0 bridgehead atoms. The maximum absolute atomic E-state index is 12.5. The highest BCUT2D eigenvalue weighted by Crippen LogP contribution is 2.21. The molecule has 0 aliphatic carbocycles. The van der Waals surface area contributed by atoms with Gasteiger partial charge in [-0.2, -0.15) is 0 Å². The van der Waals surface area contributed by atoms with Gasteiger partial charge in [-0.1, -0.05) is 12.1 Å². The maximum atomic E-state index is 12.5. The fourth-order valence-electron chi connectivity index (χ4n) is 2.73. The molecule has 0 aliphatic heterocycles. The first-order chi connectivity index (χ1) is 12.7. The Bertz CT molecular complexity index is 1040. The topological polar surface area (TPSA) is 110 Å². The van der Waals surface area contributed by atoms with E-state index in [0.717, 1.165) is 16.6 Å². The maximum Gasteiger partial charge on any atom is 0.255 e. The highest BCUT2D eigenvalue weighted by Gasteiger charge is 2.13. The van der Waals surface area contributed by atoms with Gasteiger partial charge in [-0.3, -0.25) is 4.79 Å². The number of benzene rings is 1. The Morgan fingerprint density at radius 2 is 1.77 bits per heavy atom. The van der Waals surface area contributed by atoms with Crippen LogP contribution in [0.4, 0.5) is 5.69 Å². The minimum atomic E-state index is -0.437. The SMILES string of the molecule is NC(c1ccc(C(=O)Nc2ccnc3[nH]ccc23)cc1)c1ncccn1. The van der Waals surface area contributed by atoms with E-state index in [1.807, 2.05) is 18.2 Å². The summed E-state index contributed by atoms with van der Waals surface area (Å²) in [6.45, 7) is 0. The molecule has 0 saturated heterocycles. The van der Waals surface area contributed by atoms with Gasteiger partial charge in [0.05, 0.1) is 11.7 Å². The highest BCUT2D eigenvalue weighted by molar-refractivity contribution is 6.08. The van der Waals surface area contributed by atoms with E-state index in [1.165, 1.54) is 0 Å². The molecule has 0 fully saturated rings. The number of amides is 1. The molecular weight excluding hydrogens is 328 g/mol. The van der Waals surface area contributed by atoms with Crippen molar-refractivity contribution in [1.82, 2.24) is 19.9 Å². The molecule has 128 valence electrons.